The van der Waals surface area contributed by atoms with Crippen molar-refractivity contribution in [1.29, 1.82) is 0 Å². The topological polar surface area (TPSA) is 92.5 Å². The molecule has 0 aliphatic rings. The van der Waals surface area contributed by atoms with Crippen LogP contribution in [0.5, 0.6) is 0 Å². The summed E-state index contributed by atoms with van der Waals surface area (Å²) in [6.07, 6.45) is -1.13. The second-order valence-electron chi connectivity index (χ2n) is 3.56. The van der Waals surface area contributed by atoms with Crippen LogP contribution in [-0.2, 0) is 6.42 Å². The molecule has 0 amide bonds. The third-order valence-corrected chi connectivity index (χ3v) is 2.48. The summed E-state index contributed by atoms with van der Waals surface area (Å²) in [5.41, 5.74) is 13.1. The van der Waals surface area contributed by atoms with Crippen molar-refractivity contribution in [3.8, 4) is 0 Å². The number of benzene rings is 1. The van der Waals surface area contributed by atoms with Gasteiger partial charge in [0, 0.05) is 17.8 Å². The SMILES string of the molecule is CCc1ccc(N)c(C(O)C(O)CN)c1. The highest BCUT2D eigenvalue weighted by Gasteiger charge is 2.19. The molecular formula is C11H18N2O2. The fraction of sp³-hybridized carbons (Fsp3) is 0.455. The number of nitrogen functional groups attached to an aromatic ring is 1. The summed E-state index contributed by atoms with van der Waals surface area (Å²) >= 11 is 0. The number of aliphatic hydroxyl groups is 2. The van der Waals surface area contributed by atoms with E-state index < -0.39 is 12.2 Å². The van der Waals surface area contributed by atoms with Crippen LogP contribution in [0, 0.1) is 0 Å². The van der Waals surface area contributed by atoms with E-state index in [1.54, 1.807) is 12.1 Å². The number of aliphatic hydroxyl groups excluding tert-OH is 2. The van der Waals surface area contributed by atoms with Crippen molar-refractivity contribution < 1.29 is 10.2 Å². The van der Waals surface area contributed by atoms with Crippen molar-refractivity contribution in [1.82, 2.24) is 0 Å². The Morgan fingerprint density at radius 1 is 1.33 bits per heavy atom. The lowest BCUT2D eigenvalue weighted by Crippen LogP contribution is -2.27. The molecule has 0 aliphatic heterocycles. The van der Waals surface area contributed by atoms with Gasteiger partial charge in [0.2, 0.25) is 0 Å². The van der Waals surface area contributed by atoms with Crippen LogP contribution in [0.1, 0.15) is 24.2 Å². The van der Waals surface area contributed by atoms with Gasteiger partial charge in [-0.3, -0.25) is 0 Å². The molecule has 1 aromatic carbocycles. The smallest absolute Gasteiger partial charge is 0.108 e. The molecule has 84 valence electrons. The van der Waals surface area contributed by atoms with E-state index in [4.69, 9.17) is 11.5 Å². The van der Waals surface area contributed by atoms with Gasteiger partial charge in [-0.25, -0.2) is 0 Å². The summed E-state index contributed by atoms with van der Waals surface area (Å²) < 4.78 is 0. The summed E-state index contributed by atoms with van der Waals surface area (Å²) in [4.78, 5) is 0. The van der Waals surface area contributed by atoms with Crippen LogP contribution in [0.2, 0.25) is 0 Å². The molecule has 0 bridgehead atoms. The molecule has 1 aromatic rings. The Kier molecular flexibility index (Phi) is 4.08. The van der Waals surface area contributed by atoms with E-state index in [1.165, 1.54) is 0 Å². The Morgan fingerprint density at radius 3 is 2.53 bits per heavy atom. The minimum absolute atomic E-state index is 0.0109. The van der Waals surface area contributed by atoms with E-state index in [0.717, 1.165) is 12.0 Å². The zero-order chi connectivity index (χ0) is 11.4. The van der Waals surface area contributed by atoms with Gasteiger partial charge >= 0.3 is 0 Å². The maximum Gasteiger partial charge on any atom is 0.108 e. The third-order valence-electron chi connectivity index (χ3n) is 2.48. The lowest BCUT2D eigenvalue weighted by molar-refractivity contribution is 0.0247. The Morgan fingerprint density at radius 2 is 2.00 bits per heavy atom. The van der Waals surface area contributed by atoms with Crippen LogP contribution in [-0.4, -0.2) is 22.9 Å². The van der Waals surface area contributed by atoms with E-state index in [2.05, 4.69) is 0 Å². The highest BCUT2D eigenvalue weighted by atomic mass is 16.3. The van der Waals surface area contributed by atoms with Crippen LogP contribution >= 0.6 is 0 Å². The van der Waals surface area contributed by atoms with Crippen LogP contribution in [0.3, 0.4) is 0 Å². The number of anilines is 1. The first-order valence-corrected chi connectivity index (χ1v) is 5.04. The molecule has 0 aromatic heterocycles. The standard InChI is InChI=1S/C11H18N2O2/c1-2-7-3-4-9(13)8(5-7)11(15)10(14)6-12/h3-5,10-11,14-15H,2,6,12-13H2,1H3. The van der Waals surface area contributed by atoms with Crippen LogP contribution < -0.4 is 11.5 Å². The second-order valence-corrected chi connectivity index (χ2v) is 3.56. The van der Waals surface area contributed by atoms with Crippen LogP contribution in [0.15, 0.2) is 18.2 Å². The lowest BCUT2D eigenvalue weighted by atomic mass is 9.99. The maximum atomic E-state index is 9.78. The Labute approximate surface area is 89.5 Å². The fourth-order valence-electron chi connectivity index (χ4n) is 1.44. The molecule has 0 radical (unpaired) electrons. The zero-order valence-corrected chi connectivity index (χ0v) is 8.85. The van der Waals surface area contributed by atoms with Crippen molar-refractivity contribution >= 4 is 5.69 Å². The summed E-state index contributed by atoms with van der Waals surface area (Å²) in [7, 11) is 0. The molecule has 15 heavy (non-hydrogen) atoms. The molecule has 0 saturated heterocycles. The number of hydrogen-bond donors (Lipinski definition) is 4. The number of aryl methyl sites for hydroxylation is 1. The van der Waals surface area contributed by atoms with E-state index in [0.29, 0.717) is 11.3 Å². The highest BCUT2D eigenvalue weighted by molar-refractivity contribution is 5.50. The minimum atomic E-state index is -1.01. The van der Waals surface area contributed by atoms with Crippen molar-refractivity contribution in [3.05, 3.63) is 29.3 Å². The van der Waals surface area contributed by atoms with Gasteiger partial charge in [-0.2, -0.15) is 0 Å². The Balaban J connectivity index is 3.01. The van der Waals surface area contributed by atoms with Crippen LogP contribution in [0.4, 0.5) is 5.69 Å². The molecule has 0 fully saturated rings. The molecule has 2 unspecified atom stereocenters. The van der Waals surface area contributed by atoms with E-state index in [-0.39, 0.29) is 6.54 Å². The number of rotatable bonds is 4. The normalized spacial score (nSPS) is 14.9. The third kappa shape index (κ3) is 2.68. The first-order valence-electron chi connectivity index (χ1n) is 5.04. The first-order chi connectivity index (χ1) is 7.10. The molecule has 4 nitrogen and oxygen atoms in total. The van der Waals surface area contributed by atoms with Gasteiger partial charge in [0.15, 0.2) is 0 Å². The van der Waals surface area contributed by atoms with Gasteiger partial charge in [0.05, 0.1) is 6.10 Å². The second kappa shape index (κ2) is 5.11. The van der Waals surface area contributed by atoms with E-state index >= 15 is 0 Å². The van der Waals surface area contributed by atoms with Crippen molar-refractivity contribution in [2.75, 3.05) is 12.3 Å². The molecule has 0 spiro atoms. The predicted molar refractivity (Wildman–Crippen MR) is 60.3 cm³/mol. The van der Waals surface area contributed by atoms with E-state index in [9.17, 15) is 10.2 Å². The Bertz CT molecular complexity index is 328. The van der Waals surface area contributed by atoms with Crippen molar-refractivity contribution in [2.45, 2.75) is 25.6 Å². The molecule has 6 N–H and O–H groups in total. The minimum Gasteiger partial charge on any atom is -0.398 e. The maximum absolute atomic E-state index is 9.78. The summed E-state index contributed by atoms with van der Waals surface area (Å²) in [6.45, 7) is 2.03. The molecule has 1 rings (SSSR count). The van der Waals surface area contributed by atoms with Crippen molar-refractivity contribution in [2.24, 2.45) is 5.73 Å². The largest absolute Gasteiger partial charge is 0.398 e. The highest BCUT2D eigenvalue weighted by Crippen LogP contribution is 2.24. The Hall–Kier alpha value is -1.10. The molecular weight excluding hydrogens is 192 g/mol. The fourth-order valence-corrected chi connectivity index (χ4v) is 1.44. The van der Waals surface area contributed by atoms with Gasteiger partial charge in [-0.15, -0.1) is 0 Å². The quantitative estimate of drug-likeness (QED) is 0.533. The average molecular weight is 210 g/mol. The predicted octanol–water partition coefficient (Wildman–Crippen LogP) is 0.184. The molecule has 0 aliphatic carbocycles. The summed E-state index contributed by atoms with van der Waals surface area (Å²) in [5, 5.41) is 19.2. The van der Waals surface area contributed by atoms with Crippen LogP contribution in [0.25, 0.3) is 0 Å². The zero-order valence-electron chi connectivity index (χ0n) is 8.85. The van der Waals surface area contributed by atoms with E-state index in [1.807, 2.05) is 13.0 Å². The van der Waals surface area contributed by atoms with Gasteiger partial charge in [-0.1, -0.05) is 19.1 Å². The molecule has 0 saturated carbocycles. The molecule has 2 atom stereocenters. The van der Waals surface area contributed by atoms with Gasteiger partial charge < -0.3 is 21.7 Å². The summed E-state index contributed by atoms with van der Waals surface area (Å²) in [6, 6.07) is 5.44. The van der Waals surface area contributed by atoms with Crippen molar-refractivity contribution in [3.63, 3.8) is 0 Å². The monoisotopic (exact) mass is 210 g/mol. The summed E-state index contributed by atoms with van der Waals surface area (Å²) in [5.74, 6) is 0. The lowest BCUT2D eigenvalue weighted by Gasteiger charge is -2.18. The van der Waals surface area contributed by atoms with Gasteiger partial charge in [0.25, 0.3) is 0 Å². The number of hydrogen-bond acceptors (Lipinski definition) is 4. The molecule has 4 heteroatoms. The molecule has 0 heterocycles. The average Bonchev–Trinajstić information content (AvgIpc) is 2.27. The van der Waals surface area contributed by atoms with Gasteiger partial charge in [-0.05, 0) is 18.1 Å². The first kappa shape index (κ1) is 12.0. The number of nitrogens with two attached hydrogens (primary N) is 2. The van der Waals surface area contributed by atoms with Gasteiger partial charge in [0.1, 0.15) is 6.10 Å².